The van der Waals surface area contributed by atoms with Crippen LogP contribution >= 0.6 is 0 Å². The summed E-state index contributed by atoms with van der Waals surface area (Å²) in [6.45, 7) is 4.67. The molecule has 1 fully saturated rings. The molecule has 0 spiro atoms. The van der Waals surface area contributed by atoms with Gasteiger partial charge in [0.15, 0.2) is 18.1 Å². The smallest absolute Gasteiger partial charge is 0.260 e. The van der Waals surface area contributed by atoms with Crippen molar-refractivity contribution < 1.29 is 14.3 Å². The van der Waals surface area contributed by atoms with Crippen molar-refractivity contribution in [2.45, 2.75) is 38.8 Å². The first-order valence-corrected chi connectivity index (χ1v) is 7.42. The maximum atomic E-state index is 12.1. The van der Waals surface area contributed by atoms with E-state index in [1.54, 1.807) is 13.2 Å². The number of likely N-dealkylation sites (N-methyl/N-ethyl adjacent to an activating group) is 1. The highest BCUT2D eigenvalue weighted by Gasteiger charge is 2.31. The Kier molecular flexibility index (Phi) is 5.07. The number of hydrogen-bond acceptors (Lipinski definition) is 4. The number of rotatable bonds is 7. The molecule has 1 aliphatic rings. The van der Waals surface area contributed by atoms with Gasteiger partial charge in [0, 0.05) is 18.6 Å². The first-order chi connectivity index (χ1) is 10.1. The summed E-state index contributed by atoms with van der Waals surface area (Å²) >= 11 is 0. The molecular formula is C16H24N2O3. The minimum Gasteiger partial charge on any atom is -0.493 e. The van der Waals surface area contributed by atoms with Gasteiger partial charge in [0.1, 0.15) is 0 Å². The Balaban J connectivity index is 2.00. The lowest BCUT2D eigenvalue weighted by atomic mass is 10.1. The van der Waals surface area contributed by atoms with E-state index >= 15 is 0 Å². The fourth-order valence-corrected chi connectivity index (χ4v) is 2.33. The first-order valence-electron chi connectivity index (χ1n) is 7.42. The highest BCUT2D eigenvalue weighted by Crippen LogP contribution is 2.30. The molecule has 21 heavy (non-hydrogen) atoms. The molecule has 1 amide bonds. The number of carbonyl (C=O) groups is 1. The summed E-state index contributed by atoms with van der Waals surface area (Å²) in [5, 5.41) is 0. The molecule has 116 valence electrons. The number of nitrogens with two attached hydrogens (primary N) is 1. The third-order valence-corrected chi connectivity index (χ3v) is 3.71. The van der Waals surface area contributed by atoms with E-state index in [2.05, 4.69) is 0 Å². The van der Waals surface area contributed by atoms with Gasteiger partial charge >= 0.3 is 0 Å². The zero-order valence-electron chi connectivity index (χ0n) is 13.0. The van der Waals surface area contributed by atoms with E-state index in [0.29, 0.717) is 17.5 Å². The minimum atomic E-state index is -0.0694. The summed E-state index contributed by atoms with van der Waals surface area (Å²) in [5.41, 5.74) is 6.82. The molecule has 1 aliphatic carbocycles. The van der Waals surface area contributed by atoms with E-state index in [1.165, 1.54) is 0 Å². The van der Waals surface area contributed by atoms with Crippen molar-refractivity contribution in [3.8, 4) is 11.5 Å². The molecule has 0 aromatic heterocycles. The monoisotopic (exact) mass is 292 g/mol. The van der Waals surface area contributed by atoms with Crippen LogP contribution in [0.3, 0.4) is 0 Å². The van der Waals surface area contributed by atoms with E-state index in [4.69, 9.17) is 15.2 Å². The van der Waals surface area contributed by atoms with Crippen molar-refractivity contribution in [3.05, 3.63) is 23.8 Å². The molecule has 0 saturated heterocycles. The van der Waals surface area contributed by atoms with Crippen molar-refractivity contribution >= 4 is 5.91 Å². The molecule has 1 aromatic carbocycles. The minimum absolute atomic E-state index is 0.0262. The predicted molar refractivity (Wildman–Crippen MR) is 81.5 cm³/mol. The van der Waals surface area contributed by atoms with Crippen molar-refractivity contribution in [3.63, 3.8) is 0 Å². The van der Waals surface area contributed by atoms with Gasteiger partial charge in [0.05, 0.1) is 7.11 Å². The Morgan fingerprint density at radius 1 is 1.43 bits per heavy atom. The fraction of sp³-hybridized carbons (Fsp3) is 0.562. The molecular weight excluding hydrogens is 268 g/mol. The largest absolute Gasteiger partial charge is 0.493 e. The van der Waals surface area contributed by atoms with Crippen LogP contribution in [0.15, 0.2) is 18.2 Å². The van der Waals surface area contributed by atoms with Crippen LogP contribution in [0.25, 0.3) is 0 Å². The van der Waals surface area contributed by atoms with Gasteiger partial charge in [-0.05, 0) is 44.4 Å². The van der Waals surface area contributed by atoms with Crippen molar-refractivity contribution in [1.29, 1.82) is 0 Å². The van der Waals surface area contributed by atoms with E-state index in [1.807, 2.05) is 30.9 Å². The van der Waals surface area contributed by atoms with E-state index in [0.717, 1.165) is 24.9 Å². The molecule has 2 rings (SSSR count). The molecule has 1 aromatic rings. The van der Waals surface area contributed by atoms with Gasteiger partial charge in [-0.3, -0.25) is 4.79 Å². The van der Waals surface area contributed by atoms with Gasteiger partial charge in [-0.25, -0.2) is 0 Å². The van der Waals surface area contributed by atoms with Gasteiger partial charge in [-0.2, -0.15) is 0 Å². The van der Waals surface area contributed by atoms with Crippen molar-refractivity contribution in [1.82, 2.24) is 4.90 Å². The van der Waals surface area contributed by atoms with Crippen LogP contribution in [-0.4, -0.2) is 37.1 Å². The summed E-state index contributed by atoms with van der Waals surface area (Å²) in [6.07, 6.45) is 2.21. The second-order valence-electron chi connectivity index (χ2n) is 5.40. The Morgan fingerprint density at radius 2 is 2.14 bits per heavy atom. The van der Waals surface area contributed by atoms with Crippen molar-refractivity contribution in [2.24, 2.45) is 5.73 Å². The van der Waals surface area contributed by atoms with Gasteiger partial charge in [0.25, 0.3) is 5.91 Å². The van der Waals surface area contributed by atoms with Crippen LogP contribution < -0.4 is 15.2 Å². The standard InChI is InChI=1S/C16H24N2O3/c1-4-18(13-6-7-13)16(19)10-21-14-8-5-12(11(2)17)9-15(14)20-3/h5,8-9,11,13H,4,6-7,10,17H2,1-3H3/t11-/m0/s1. The molecule has 0 bridgehead atoms. The molecule has 0 radical (unpaired) electrons. The van der Waals surface area contributed by atoms with E-state index in [-0.39, 0.29) is 18.6 Å². The Labute approximate surface area is 126 Å². The van der Waals surface area contributed by atoms with Crippen molar-refractivity contribution in [2.75, 3.05) is 20.3 Å². The lowest BCUT2D eigenvalue weighted by molar-refractivity contribution is -0.133. The molecule has 0 aliphatic heterocycles. The maximum Gasteiger partial charge on any atom is 0.260 e. The molecule has 1 saturated carbocycles. The van der Waals surface area contributed by atoms with Gasteiger partial charge < -0.3 is 20.1 Å². The Hall–Kier alpha value is -1.75. The first kappa shape index (κ1) is 15.6. The average Bonchev–Trinajstić information content (AvgIpc) is 3.30. The number of hydrogen-bond donors (Lipinski definition) is 1. The normalized spacial score (nSPS) is 15.4. The van der Waals surface area contributed by atoms with E-state index in [9.17, 15) is 4.79 Å². The molecule has 0 unspecified atom stereocenters. The highest BCUT2D eigenvalue weighted by molar-refractivity contribution is 5.78. The average molecular weight is 292 g/mol. The summed E-state index contributed by atoms with van der Waals surface area (Å²) in [4.78, 5) is 14.0. The molecule has 0 heterocycles. The van der Waals surface area contributed by atoms with Crippen LogP contribution in [0.1, 0.15) is 38.3 Å². The number of benzene rings is 1. The zero-order chi connectivity index (χ0) is 15.4. The fourth-order valence-electron chi connectivity index (χ4n) is 2.33. The lowest BCUT2D eigenvalue weighted by Crippen LogP contribution is -2.36. The number of nitrogens with zero attached hydrogens (tertiary/aromatic N) is 1. The molecule has 5 heteroatoms. The molecule has 5 nitrogen and oxygen atoms in total. The van der Waals surface area contributed by atoms with Gasteiger partial charge in [-0.1, -0.05) is 6.07 Å². The van der Waals surface area contributed by atoms with Crippen LogP contribution in [-0.2, 0) is 4.79 Å². The summed E-state index contributed by atoms with van der Waals surface area (Å²) < 4.78 is 10.9. The number of carbonyl (C=O) groups excluding carboxylic acids is 1. The third-order valence-electron chi connectivity index (χ3n) is 3.71. The third kappa shape index (κ3) is 3.88. The van der Waals surface area contributed by atoms with Crippen LogP contribution in [0.4, 0.5) is 0 Å². The number of methoxy groups -OCH3 is 1. The Bertz CT molecular complexity index is 498. The SMILES string of the molecule is CCN(C(=O)COc1ccc([C@H](C)N)cc1OC)C1CC1. The number of ether oxygens (including phenoxy) is 2. The maximum absolute atomic E-state index is 12.1. The number of amides is 1. The summed E-state index contributed by atoms with van der Waals surface area (Å²) in [6, 6.07) is 5.89. The highest BCUT2D eigenvalue weighted by atomic mass is 16.5. The summed E-state index contributed by atoms with van der Waals surface area (Å²) in [7, 11) is 1.58. The quantitative estimate of drug-likeness (QED) is 0.836. The second-order valence-corrected chi connectivity index (χ2v) is 5.40. The van der Waals surface area contributed by atoms with Crippen LogP contribution in [0.2, 0.25) is 0 Å². The Morgan fingerprint density at radius 3 is 2.67 bits per heavy atom. The van der Waals surface area contributed by atoms with E-state index < -0.39 is 0 Å². The lowest BCUT2D eigenvalue weighted by Gasteiger charge is -2.21. The molecule has 2 N–H and O–H groups in total. The second kappa shape index (κ2) is 6.80. The summed E-state index contributed by atoms with van der Waals surface area (Å²) in [5.74, 6) is 1.20. The topological polar surface area (TPSA) is 64.8 Å². The predicted octanol–water partition coefficient (Wildman–Crippen LogP) is 2.10. The van der Waals surface area contributed by atoms with Crippen LogP contribution in [0, 0.1) is 0 Å². The van der Waals surface area contributed by atoms with Gasteiger partial charge in [-0.15, -0.1) is 0 Å². The zero-order valence-corrected chi connectivity index (χ0v) is 13.0. The molecule has 1 atom stereocenters. The van der Waals surface area contributed by atoms with Gasteiger partial charge in [0.2, 0.25) is 0 Å². The van der Waals surface area contributed by atoms with Crippen LogP contribution in [0.5, 0.6) is 11.5 Å².